The highest BCUT2D eigenvalue weighted by Gasteiger charge is 2.11. The SMILES string of the molecule is Fc1cc(F)cc(/C=C/C2CCOC2)c1. The van der Waals surface area contributed by atoms with Crippen molar-refractivity contribution in [1.29, 1.82) is 0 Å². The fourth-order valence-electron chi connectivity index (χ4n) is 1.62. The minimum atomic E-state index is -0.544. The molecule has 1 aromatic rings. The molecule has 3 heteroatoms. The van der Waals surface area contributed by atoms with Crippen LogP contribution in [0, 0.1) is 17.6 Å². The van der Waals surface area contributed by atoms with E-state index in [0.717, 1.165) is 19.1 Å². The molecule has 0 saturated carbocycles. The molecule has 0 radical (unpaired) electrons. The van der Waals surface area contributed by atoms with Crippen LogP contribution in [-0.2, 0) is 4.74 Å². The maximum atomic E-state index is 12.8. The van der Waals surface area contributed by atoms with Gasteiger partial charge in [0, 0.05) is 18.6 Å². The standard InChI is InChI=1S/C12H12F2O/c13-11-5-10(6-12(14)7-11)2-1-9-3-4-15-8-9/h1-2,5-7,9H,3-4,8H2/b2-1+. The number of hydrogen-bond donors (Lipinski definition) is 0. The first-order valence-corrected chi connectivity index (χ1v) is 4.96. The van der Waals surface area contributed by atoms with E-state index in [-0.39, 0.29) is 0 Å². The normalized spacial score (nSPS) is 21.3. The Morgan fingerprint density at radius 3 is 2.53 bits per heavy atom. The lowest BCUT2D eigenvalue weighted by molar-refractivity contribution is 0.191. The predicted molar refractivity (Wildman–Crippen MR) is 54.3 cm³/mol. The van der Waals surface area contributed by atoms with Gasteiger partial charge >= 0.3 is 0 Å². The molecular formula is C12H12F2O. The van der Waals surface area contributed by atoms with Gasteiger partial charge in [-0.1, -0.05) is 12.2 Å². The topological polar surface area (TPSA) is 9.23 Å². The largest absolute Gasteiger partial charge is 0.381 e. The Kier molecular flexibility index (Phi) is 3.11. The van der Waals surface area contributed by atoms with Crippen molar-refractivity contribution in [3.05, 3.63) is 41.5 Å². The zero-order valence-corrected chi connectivity index (χ0v) is 8.25. The summed E-state index contributed by atoms with van der Waals surface area (Å²) in [5.41, 5.74) is 0.555. The highest BCUT2D eigenvalue weighted by atomic mass is 19.1. The number of ether oxygens (including phenoxy) is 1. The summed E-state index contributed by atoms with van der Waals surface area (Å²) in [4.78, 5) is 0. The summed E-state index contributed by atoms with van der Waals surface area (Å²) in [6.45, 7) is 1.47. The number of benzene rings is 1. The van der Waals surface area contributed by atoms with Gasteiger partial charge in [0.05, 0.1) is 6.61 Å². The van der Waals surface area contributed by atoms with E-state index in [1.54, 1.807) is 6.08 Å². The molecular weight excluding hydrogens is 198 g/mol. The average Bonchev–Trinajstić information content (AvgIpc) is 2.65. The maximum absolute atomic E-state index is 12.8. The summed E-state index contributed by atoms with van der Waals surface area (Å²) in [6.07, 6.45) is 4.67. The molecule has 0 bridgehead atoms. The Balaban J connectivity index is 2.09. The second-order valence-corrected chi connectivity index (χ2v) is 3.69. The summed E-state index contributed by atoms with van der Waals surface area (Å²) in [7, 11) is 0. The molecule has 1 nitrogen and oxygen atoms in total. The first-order valence-electron chi connectivity index (χ1n) is 4.96. The highest BCUT2D eigenvalue weighted by Crippen LogP contribution is 2.16. The molecule has 1 fully saturated rings. The monoisotopic (exact) mass is 210 g/mol. The van der Waals surface area contributed by atoms with Crippen molar-refractivity contribution in [3.8, 4) is 0 Å². The molecule has 0 spiro atoms. The van der Waals surface area contributed by atoms with Crippen molar-refractivity contribution in [1.82, 2.24) is 0 Å². The van der Waals surface area contributed by atoms with Crippen LogP contribution >= 0.6 is 0 Å². The molecule has 0 amide bonds. The highest BCUT2D eigenvalue weighted by molar-refractivity contribution is 5.49. The molecule has 1 aliphatic rings. The molecule has 2 rings (SSSR count). The van der Waals surface area contributed by atoms with Gasteiger partial charge in [-0.05, 0) is 24.1 Å². The van der Waals surface area contributed by atoms with E-state index in [9.17, 15) is 8.78 Å². The fraction of sp³-hybridized carbons (Fsp3) is 0.333. The Hall–Kier alpha value is -1.22. The van der Waals surface area contributed by atoms with Gasteiger partial charge in [0.2, 0.25) is 0 Å². The summed E-state index contributed by atoms with van der Waals surface area (Å²) >= 11 is 0. The van der Waals surface area contributed by atoms with Crippen molar-refractivity contribution in [2.24, 2.45) is 5.92 Å². The third-order valence-corrected chi connectivity index (χ3v) is 2.41. The van der Waals surface area contributed by atoms with E-state index in [4.69, 9.17) is 4.74 Å². The molecule has 0 aliphatic carbocycles. The minimum absolute atomic E-state index is 0.372. The molecule has 1 heterocycles. The molecule has 1 unspecified atom stereocenters. The van der Waals surface area contributed by atoms with Crippen molar-refractivity contribution < 1.29 is 13.5 Å². The first-order chi connectivity index (χ1) is 7.24. The quantitative estimate of drug-likeness (QED) is 0.729. The summed E-state index contributed by atoms with van der Waals surface area (Å²) < 4.78 is 30.9. The second-order valence-electron chi connectivity index (χ2n) is 3.69. The minimum Gasteiger partial charge on any atom is -0.381 e. The van der Waals surface area contributed by atoms with Crippen molar-refractivity contribution in [2.75, 3.05) is 13.2 Å². The maximum Gasteiger partial charge on any atom is 0.126 e. The van der Waals surface area contributed by atoms with Crippen molar-refractivity contribution in [3.63, 3.8) is 0 Å². The van der Waals surface area contributed by atoms with Gasteiger partial charge in [-0.2, -0.15) is 0 Å². The molecule has 0 aromatic heterocycles. The third kappa shape index (κ3) is 2.86. The van der Waals surface area contributed by atoms with E-state index in [2.05, 4.69) is 0 Å². The van der Waals surface area contributed by atoms with Crippen LogP contribution in [0.15, 0.2) is 24.3 Å². The lowest BCUT2D eigenvalue weighted by atomic mass is 10.1. The molecule has 1 aromatic carbocycles. The van der Waals surface area contributed by atoms with Gasteiger partial charge in [0.1, 0.15) is 11.6 Å². The fourth-order valence-corrected chi connectivity index (χ4v) is 1.62. The third-order valence-electron chi connectivity index (χ3n) is 2.41. The van der Waals surface area contributed by atoms with Gasteiger partial charge in [0.15, 0.2) is 0 Å². The zero-order valence-electron chi connectivity index (χ0n) is 8.25. The van der Waals surface area contributed by atoms with Gasteiger partial charge in [0.25, 0.3) is 0 Å². The van der Waals surface area contributed by atoms with Gasteiger partial charge in [-0.25, -0.2) is 8.78 Å². The smallest absolute Gasteiger partial charge is 0.126 e. The Labute approximate surface area is 87.4 Å². The van der Waals surface area contributed by atoms with Gasteiger partial charge in [-0.3, -0.25) is 0 Å². The molecule has 15 heavy (non-hydrogen) atoms. The first kappa shape index (κ1) is 10.3. The van der Waals surface area contributed by atoms with E-state index < -0.39 is 11.6 Å². The van der Waals surface area contributed by atoms with Crippen LogP contribution in [-0.4, -0.2) is 13.2 Å². The van der Waals surface area contributed by atoms with Crippen molar-refractivity contribution >= 4 is 6.08 Å². The van der Waals surface area contributed by atoms with E-state index >= 15 is 0 Å². The lowest BCUT2D eigenvalue weighted by Gasteiger charge is -1.99. The Morgan fingerprint density at radius 2 is 1.93 bits per heavy atom. The van der Waals surface area contributed by atoms with Crippen LogP contribution in [0.3, 0.4) is 0 Å². The number of rotatable bonds is 2. The van der Waals surface area contributed by atoms with Crippen LogP contribution in [0.5, 0.6) is 0 Å². The van der Waals surface area contributed by atoms with Gasteiger partial charge in [-0.15, -0.1) is 0 Å². The zero-order chi connectivity index (χ0) is 10.7. The average molecular weight is 210 g/mol. The van der Waals surface area contributed by atoms with Crippen LogP contribution in [0.2, 0.25) is 0 Å². The van der Waals surface area contributed by atoms with Crippen molar-refractivity contribution in [2.45, 2.75) is 6.42 Å². The van der Waals surface area contributed by atoms with E-state index in [1.807, 2.05) is 6.08 Å². The Morgan fingerprint density at radius 1 is 1.20 bits per heavy atom. The molecule has 80 valence electrons. The summed E-state index contributed by atoms with van der Waals surface area (Å²) in [6, 6.07) is 3.50. The molecule has 1 aliphatic heterocycles. The lowest BCUT2D eigenvalue weighted by Crippen LogP contribution is -1.93. The van der Waals surface area contributed by atoms with Crippen LogP contribution in [0.25, 0.3) is 6.08 Å². The molecule has 1 atom stereocenters. The number of halogens is 2. The predicted octanol–water partition coefficient (Wildman–Crippen LogP) is 3.01. The van der Waals surface area contributed by atoms with E-state index in [1.165, 1.54) is 12.1 Å². The molecule has 0 N–H and O–H groups in total. The van der Waals surface area contributed by atoms with Gasteiger partial charge < -0.3 is 4.74 Å². The van der Waals surface area contributed by atoms with Crippen LogP contribution in [0.4, 0.5) is 8.78 Å². The van der Waals surface area contributed by atoms with Crippen LogP contribution < -0.4 is 0 Å². The second kappa shape index (κ2) is 4.53. The molecule has 1 saturated heterocycles. The van der Waals surface area contributed by atoms with Crippen LogP contribution in [0.1, 0.15) is 12.0 Å². The summed E-state index contributed by atoms with van der Waals surface area (Å²) in [5.74, 6) is -0.717. The van der Waals surface area contributed by atoms with E-state index in [0.29, 0.717) is 18.1 Å². The Bertz CT molecular complexity index is 348. The number of hydrogen-bond acceptors (Lipinski definition) is 1. The summed E-state index contributed by atoms with van der Waals surface area (Å²) in [5, 5.41) is 0.